The zero-order valence-corrected chi connectivity index (χ0v) is 17.8. The van der Waals surface area contributed by atoms with Gasteiger partial charge >= 0.3 is 0 Å². The minimum atomic E-state index is -0.183. The number of anilines is 2. The summed E-state index contributed by atoms with van der Waals surface area (Å²) in [5.41, 5.74) is 16.2. The second-order valence-electron chi connectivity index (χ2n) is 6.81. The topological polar surface area (TPSA) is 150 Å². The number of guanidine groups is 2. The summed E-state index contributed by atoms with van der Waals surface area (Å²) < 4.78 is 0. The van der Waals surface area contributed by atoms with Gasteiger partial charge in [0.2, 0.25) is 11.9 Å². The van der Waals surface area contributed by atoms with E-state index in [1.54, 1.807) is 50.5 Å². The van der Waals surface area contributed by atoms with E-state index in [-0.39, 0.29) is 23.6 Å². The number of carbonyl (C=O) groups is 1. The van der Waals surface area contributed by atoms with Crippen molar-refractivity contribution in [3.05, 3.63) is 72.3 Å². The molecule has 0 bridgehead atoms. The first kappa shape index (κ1) is 22.2. The SMILES string of the molecule is CNC(=O)c1ccc(N=C(N)/N=C(/N)Nc2ccc(-c3cc(O)cc(NC)c3)cc2)cc1. The van der Waals surface area contributed by atoms with Gasteiger partial charge in [0.15, 0.2) is 0 Å². The lowest BCUT2D eigenvalue weighted by atomic mass is 10.0. The van der Waals surface area contributed by atoms with Crippen LogP contribution in [0.1, 0.15) is 10.4 Å². The molecule has 0 unspecified atom stereocenters. The number of hydrogen-bond donors (Lipinski definition) is 6. The molecule has 0 spiro atoms. The molecule has 0 heterocycles. The number of carbonyl (C=O) groups excluding carboxylic acids is 1. The molecule has 0 fully saturated rings. The Hall–Kier alpha value is -4.53. The molecule has 3 rings (SSSR count). The van der Waals surface area contributed by atoms with Crippen LogP contribution >= 0.6 is 0 Å². The van der Waals surface area contributed by atoms with Crippen LogP contribution in [0, 0.1) is 0 Å². The summed E-state index contributed by atoms with van der Waals surface area (Å²) in [5.74, 6) is 0.0513. The van der Waals surface area contributed by atoms with E-state index in [1.165, 1.54) is 0 Å². The van der Waals surface area contributed by atoms with Gasteiger partial charge in [-0.05, 0) is 59.7 Å². The van der Waals surface area contributed by atoms with Crippen LogP contribution in [-0.2, 0) is 0 Å². The fraction of sp³-hybridized carbons (Fsp3) is 0.0870. The largest absolute Gasteiger partial charge is 0.508 e. The number of nitrogens with two attached hydrogens (primary N) is 2. The van der Waals surface area contributed by atoms with Crippen LogP contribution in [0.5, 0.6) is 5.75 Å². The normalized spacial score (nSPS) is 11.7. The zero-order chi connectivity index (χ0) is 23.1. The van der Waals surface area contributed by atoms with Crippen molar-refractivity contribution >= 4 is 34.9 Å². The van der Waals surface area contributed by atoms with Crippen molar-refractivity contribution in [2.24, 2.45) is 21.5 Å². The van der Waals surface area contributed by atoms with Gasteiger partial charge in [0.1, 0.15) is 5.75 Å². The minimum absolute atomic E-state index is 0.0290. The van der Waals surface area contributed by atoms with Crippen molar-refractivity contribution in [3.63, 3.8) is 0 Å². The van der Waals surface area contributed by atoms with Gasteiger partial charge in [0, 0.05) is 37.1 Å². The predicted octanol–water partition coefficient (Wildman–Crippen LogP) is 2.83. The van der Waals surface area contributed by atoms with Gasteiger partial charge in [-0.1, -0.05) is 12.1 Å². The van der Waals surface area contributed by atoms with Gasteiger partial charge in [-0.25, -0.2) is 4.99 Å². The van der Waals surface area contributed by atoms with Gasteiger partial charge in [-0.2, -0.15) is 4.99 Å². The van der Waals surface area contributed by atoms with Crippen molar-refractivity contribution in [3.8, 4) is 16.9 Å². The van der Waals surface area contributed by atoms with Crippen LogP contribution in [-0.4, -0.2) is 37.0 Å². The van der Waals surface area contributed by atoms with Gasteiger partial charge < -0.3 is 32.5 Å². The first-order valence-corrected chi connectivity index (χ1v) is 9.77. The molecule has 0 aromatic heterocycles. The first-order valence-electron chi connectivity index (χ1n) is 9.77. The molecule has 3 aromatic rings. The summed E-state index contributed by atoms with van der Waals surface area (Å²) in [7, 11) is 3.36. The van der Waals surface area contributed by atoms with E-state index in [1.807, 2.05) is 30.3 Å². The van der Waals surface area contributed by atoms with E-state index in [9.17, 15) is 9.90 Å². The van der Waals surface area contributed by atoms with Crippen molar-refractivity contribution in [1.82, 2.24) is 5.32 Å². The summed E-state index contributed by atoms with van der Waals surface area (Å²) in [6.45, 7) is 0. The Kier molecular flexibility index (Phi) is 6.92. The van der Waals surface area contributed by atoms with E-state index >= 15 is 0 Å². The molecule has 9 heteroatoms. The molecule has 0 aliphatic rings. The summed E-state index contributed by atoms with van der Waals surface area (Å²) in [6.07, 6.45) is 0. The fourth-order valence-electron chi connectivity index (χ4n) is 2.96. The number of nitrogens with one attached hydrogen (secondary N) is 3. The van der Waals surface area contributed by atoms with Crippen LogP contribution in [0.4, 0.5) is 17.1 Å². The van der Waals surface area contributed by atoms with E-state index in [2.05, 4.69) is 25.9 Å². The molecule has 164 valence electrons. The monoisotopic (exact) mass is 431 g/mol. The number of nitrogens with zero attached hydrogens (tertiary/aromatic N) is 2. The third kappa shape index (κ3) is 5.76. The molecule has 32 heavy (non-hydrogen) atoms. The summed E-state index contributed by atoms with van der Waals surface area (Å²) in [5, 5.41) is 18.4. The third-order valence-electron chi connectivity index (χ3n) is 4.53. The highest BCUT2D eigenvalue weighted by Gasteiger charge is 2.04. The smallest absolute Gasteiger partial charge is 0.251 e. The van der Waals surface area contributed by atoms with E-state index in [0.29, 0.717) is 16.9 Å². The van der Waals surface area contributed by atoms with Crippen LogP contribution in [0.3, 0.4) is 0 Å². The molecule has 0 radical (unpaired) electrons. The Balaban J connectivity index is 1.68. The lowest BCUT2D eigenvalue weighted by Gasteiger charge is -2.09. The van der Waals surface area contributed by atoms with Crippen molar-refractivity contribution < 1.29 is 9.90 Å². The van der Waals surface area contributed by atoms with Crippen molar-refractivity contribution in [2.45, 2.75) is 0 Å². The lowest BCUT2D eigenvalue weighted by Crippen LogP contribution is -2.26. The Morgan fingerprint density at radius 1 is 0.875 bits per heavy atom. The van der Waals surface area contributed by atoms with E-state index in [4.69, 9.17) is 11.5 Å². The summed E-state index contributed by atoms with van der Waals surface area (Å²) >= 11 is 0. The van der Waals surface area contributed by atoms with Crippen LogP contribution in [0.2, 0.25) is 0 Å². The molecule has 0 atom stereocenters. The Labute approximate surface area is 185 Å². The average molecular weight is 432 g/mol. The van der Waals surface area contributed by atoms with Gasteiger partial charge in [-0.3, -0.25) is 4.79 Å². The molecular formula is C23H25N7O2. The van der Waals surface area contributed by atoms with Crippen LogP contribution in [0.15, 0.2) is 76.7 Å². The number of benzene rings is 3. The number of phenols is 1. The number of aliphatic imine (C=N–C) groups is 2. The maximum atomic E-state index is 11.6. The summed E-state index contributed by atoms with van der Waals surface area (Å²) in [4.78, 5) is 19.8. The van der Waals surface area contributed by atoms with Crippen LogP contribution in [0.25, 0.3) is 11.1 Å². The number of hydrogen-bond acceptors (Lipinski definition) is 4. The zero-order valence-electron chi connectivity index (χ0n) is 17.8. The Bertz CT molecular complexity index is 1150. The molecule has 3 aromatic carbocycles. The maximum absolute atomic E-state index is 11.6. The number of phenolic OH excluding ortho intramolecular Hbond substituents is 1. The number of rotatable bonds is 5. The first-order chi connectivity index (χ1) is 15.4. The summed E-state index contributed by atoms with van der Waals surface area (Å²) in [6, 6.07) is 19.4. The molecule has 8 N–H and O–H groups in total. The average Bonchev–Trinajstić information content (AvgIpc) is 2.78. The number of amides is 1. The second kappa shape index (κ2) is 9.98. The predicted molar refractivity (Wildman–Crippen MR) is 129 cm³/mol. The van der Waals surface area contributed by atoms with Gasteiger partial charge in [0.25, 0.3) is 5.91 Å². The van der Waals surface area contributed by atoms with Crippen LogP contribution < -0.4 is 27.4 Å². The number of aromatic hydroxyl groups is 1. The highest BCUT2D eigenvalue weighted by Crippen LogP contribution is 2.28. The molecule has 0 aliphatic carbocycles. The molecule has 1 amide bonds. The molecule has 0 saturated heterocycles. The Morgan fingerprint density at radius 2 is 1.56 bits per heavy atom. The maximum Gasteiger partial charge on any atom is 0.251 e. The third-order valence-corrected chi connectivity index (χ3v) is 4.53. The molecule has 0 saturated carbocycles. The van der Waals surface area contributed by atoms with E-state index in [0.717, 1.165) is 16.8 Å². The highest BCUT2D eigenvalue weighted by atomic mass is 16.3. The van der Waals surface area contributed by atoms with Crippen molar-refractivity contribution in [1.29, 1.82) is 0 Å². The lowest BCUT2D eigenvalue weighted by molar-refractivity contribution is 0.0963. The quantitative estimate of drug-likeness (QED) is 0.270. The highest BCUT2D eigenvalue weighted by molar-refractivity contribution is 6.01. The van der Waals surface area contributed by atoms with Crippen molar-refractivity contribution in [2.75, 3.05) is 24.7 Å². The standard InChI is InChI=1S/C23H25N7O2/c1-26-19-11-16(12-20(31)13-19)14-3-7-17(8-4-14)28-22(24)30-23(25)29-18-9-5-15(6-10-18)21(32)27-2/h3-13,26,31H,1-2H3,(H,27,32)(H5,24,25,28,29,30). The second-order valence-corrected chi connectivity index (χ2v) is 6.81. The molecule has 9 nitrogen and oxygen atoms in total. The Morgan fingerprint density at radius 3 is 2.19 bits per heavy atom. The minimum Gasteiger partial charge on any atom is -0.508 e. The molecule has 0 aliphatic heterocycles. The fourth-order valence-corrected chi connectivity index (χ4v) is 2.96. The molecular weight excluding hydrogens is 406 g/mol. The van der Waals surface area contributed by atoms with Gasteiger partial charge in [-0.15, -0.1) is 0 Å². The van der Waals surface area contributed by atoms with E-state index < -0.39 is 0 Å². The van der Waals surface area contributed by atoms with Gasteiger partial charge in [0.05, 0.1) is 5.69 Å².